The number of amides is 2. The van der Waals surface area contributed by atoms with Crippen molar-refractivity contribution >= 4 is 27.6 Å². The smallest absolute Gasteiger partial charge is 0.387 e. The molecule has 3 rings (SSSR count). The Bertz CT molecular complexity index is 787. The maximum Gasteiger partial charge on any atom is 0.387 e. The van der Waals surface area contributed by atoms with Crippen LogP contribution in [0.4, 0.5) is 19.3 Å². The van der Waals surface area contributed by atoms with Crippen molar-refractivity contribution in [2.75, 3.05) is 18.5 Å². The van der Waals surface area contributed by atoms with Crippen LogP contribution in [-0.2, 0) is 6.54 Å². The molecule has 0 unspecified atom stereocenters. The lowest BCUT2D eigenvalue weighted by Gasteiger charge is -2.20. The first-order valence-electron chi connectivity index (χ1n) is 7.69. The molecule has 0 bridgehead atoms. The van der Waals surface area contributed by atoms with E-state index in [4.69, 9.17) is 9.47 Å². The maximum absolute atomic E-state index is 12.1. The summed E-state index contributed by atoms with van der Waals surface area (Å²) in [6.07, 6.45) is 0. The average molecular weight is 429 g/mol. The number of rotatable bonds is 5. The molecule has 6 nitrogen and oxygen atoms in total. The van der Waals surface area contributed by atoms with E-state index in [1.54, 1.807) is 24.3 Å². The van der Waals surface area contributed by atoms with Gasteiger partial charge in [0, 0.05) is 23.2 Å². The number of halogens is 3. The molecule has 0 saturated carbocycles. The summed E-state index contributed by atoms with van der Waals surface area (Å²) in [6, 6.07) is 9.00. The highest BCUT2D eigenvalue weighted by Crippen LogP contribution is 2.38. The van der Waals surface area contributed by atoms with E-state index < -0.39 is 12.6 Å². The molecule has 1 heterocycles. The molecule has 2 aromatic rings. The second kappa shape index (κ2) is 8.22. The third-order valence-corrected chi connectivity index (χ3v) is 4.14. The highest BCUT2D eigenvalue weighted by Gasteiger charge is 2.16. The van der Waals surface area contributed by atoms with Crippen molar-refractivity contribution in [3.63, 3.8) is 0 Å². The van der Waals surface area contributed by atoms with Crippen LogP contribution >= 0.6 is 15.9 Å². The van der Waals surface area contributed by atoms with Crippen LogP contribution < -0.4 is 24.8 Å². The molecule has 0 spiro atoms. The Morgan fingerprint density at radius 1 is 1.15 bits per heavy atom. The number of nitrogens with one attached hydrogen (secondary N) is 2. The summed E-state index contributed by atoms with van der Waals surface area (Å²) in [6.45, 7) is -1.71. The molecule has 0 aromatic heterocycles. The van der Waals surface area contributed by atoms with Gasteiger partial charge >= 0.3 is 12.6 Å². The SMILES string of the molecule is O=C(NCc1ccc(OC(F)F)cc1)Nc1cc2c(cc1Br)OCCO2. The number of anilines is 1. The number of hydrogen-bond acceptors (Lipinski definition) is 4. The van der Waals surface area contributed by atoms with Crippen LogP contribution in [0.5, 0.6) is 17.2 Å². The van der Waals surface area contributed by atoms with E-state index in [9.17, 15) is 13.6 Å². The first-order valence-corrected chi connectivity index (χ1v) is 8.48. The van der Waals surface area contributed by atoms with Gasteiger partial charge in [0.15, 0.2) is 11.5 Å². The summed E-state index contributed by atoms with van der Waals surface area (Å²) in [7, 11) is 0. The normalized spacial score (nSPS) is 12.6. The first kappa shape index (κ1) is 18.2. The zero-order chi connectivity index (χ0) is 18.5. The molecule has 1 aliphatic rings. The van der Waals surface area contributed by atoms with Crippen LogP contribution in [0.2, 0.25) is 0 Å². The Labute approximate surface area is 156 Å². The largest absolute Gasteiger partial charge is 0.486 e. The Morgan fingerprint density at radius 2 is 1.81 bits per heavy atom. The number of fused-ring (bicyclic) bond motifs is 1. The number of benzene rings is 2. The quantitative estimate of drug-likeness (QED) is 0.750. The van der Waals surface area contributed by atoms with Crippen LogP contribution in [0.15, 0.2) is 40.9 Å². The minimum atomic E-state index is -2.87. The van der Waals surface area contributed by atoms with Crippen molar-refractivity contribution in [3.05, 3.63) is 46.4 Å². The Morgan fingerprint density at radius 3 is 2.46 bits per heavy atom. The lowest BCUT2D eigenvalue weighted by Crippen LogP contribution is -2.28. The van der Waals surface area contributed by atoms with Gasteiger partial charge in [0.2, 0.25) is 0 Å². The van der Waals surface area contributed by atoms with E-state index in [-0.39, 0.29) is 12.3 Å². The molecule has 0 fully saturated rings. The molecule has 26 heavy (non-hydrogen) atoms. The number of carbonyl (C=O) groups is 1. The minimum Gasteiger partial charge on any atom is -0.486 e. The van der Waals surface area contributed by atoms with Gasteiger partial charge < -0.3 is 24.8 Å². The fourth-order valence-electron chi connectivity index (χ4n) is 2.30. The molecule has 2 N–H and O–H groups in total. The predicted octanol–water partition coefficient (Wildman–Crippen LogP) is 4.14. The van der Waals surface area contributed by atoms with Crippen molar-refractivity contribution < 1.29 is 27.8 Å². The van der Waals surface area contributed by atoms with E-state index in [2.05, 4.69) is 31.3 Å². The molecule has 2 aromatic carbocycles. The number of urea groups is 1. The van der Waals surface area contributed by atoms with Crippen LogP contribution in [-0.4, -0.2) is 25.9 Å². The van der Waals surface area contributed by atoms with Gasteiger partial charge in [-0.3, -0.25) is 0 Å². The molecule has 0 radical (unpaired) electrons. The first-order chi connectivity index (χ1) is 12.5. The van der Waals surface area contributed by atoms with Gasteiger partial charge in [-0.1, -0.05) is 12.1 Å². The monoisotopic (exact) mass is 428 g/mol. The van der Waals surface area contributed by atoms with Crippen molar-refractivity contribution in [1.29, 1.82) is 0 Å². The van der Waals surface area contributed by atoms with Gasteiger partial charge in [-0.15, -0.1) is 0 Å². The molecular formula is C17H15BrF2N2O4. The second-order valence-electron chi connectivity index (χ2n) is 5.31. The summed E-state index contributed by atoms with van der Waals surface area (Å²) in [5.74, 6) is 1.23. The summed E-state index contributed by atoms with van der Waals surface area (Å²) >= 11 is 3.37. The van der Waals surface area contributed by atoms with Crippen molar-refractivity contribution in [1.82, 2.24) is 5.32 Å². The highest BCUT2D eigenvalue weighted by atomic mass is 79.9. The van der Waals surface area contributed by atoms with E-state index in [1.165, 1.54) is 12.1 Å². The van der Waals surface area contributed by atoms with Gasteiger partial charge in [0.25, 0.3) is 0 Å². The summed E-state index contributed by atoms with van der Waals surface area (Å²) in [5, 5.41) is 5.39. The lowest BCUT2D eigenvalue weighted by molar-refractivity contribution is -0.0498. The standard InChI is InChI=1S/C17H15BrF2N2O4/c18-12-7-14-15(25-6-5-24-14)8-13(12)22-17(23)21-9-10-1-3-11(4-2-10)26-16(19)20/h1-4,7-8,16H,5-6,9H2,(H2,21,22,23). The molecule has 0 aliphatic carbocycles. The number of hydrogen-bond donors (Lipinski definition) is 2. The number of ether oxygens (including phenoxy) is 3. The Balaban J connectivity index is 1.56. The van der Waals surface area contributed by atoms with Gasteiger partial charge in [-0.25, -0.2) is 4.79 Å². The van der Waals surface area contributed by atoms with Crippen molar-refractivity contribution in [2.45, 2.75) is 13.2 Å². The third kappa shape index (κ3) is 4.75. The second-order valence-corrected chi connectivity index (χ2v) is 6.16. The predicted molar refractivity (Wildman–Crippen MR) is 94.1 cm³/mol. The molecule has 9 heteroatoms. The molecule has 138 valence electrons. The van der Waals surface area contributed by atoms with Crippen LogP contribution in [0, 0.1) is 0 Å². The van der Waals surface area contributed by atoms with Gasteiger partial charge in [-0.2, -0.15) is 8.78 Å². The number of alkyl halides is 2. The fraction of sp³-hybridized carbons (Fsp3) is 0.235. The molecule has 2 amide bonds. The van der Waals surface area contributed by atoms with Crippen molar-refractivity contribution in [3.8, 4) is 17.2 Å². The number of carbonyl (C=O) groups excluding carboxylic acids is 1. The summed E-state index contributed by atoms with van der Waals surface area (Å²) < 4.78 is 40.1. The van der Waals surface area contributed by atoms with Crippen LogP contribution in [0.25, 0.3) is 0 Å². The zero-order valence-electron chi connectivity index (χ0n) is 13.4. The van der Waals surface area contributed by atoms with E-state index >= 15 is 0 Å². The van der Waals surface area contributed by atoms with Gasteiger partial charge in [-0.05, 0) is 33.6 Å². The summed E-state index contributed by atoms with van der Waals surface area (Å²) in [4.78, 5) is 12.1. The Hall–Kier alpha value is -2.55. The van der Waals surface area contributed by atoms with E-state index in [0.29, 0.717) is 34.9 Å². The van der Waals surface area contributed by atoms with E-state index in [1.807, 2.05) is 0 Å². The molecule has 1 aliphatic heterocycles. The maximum atomic E-state index is 12.1. The lowest BCUT2D eigenvalue weighted by atomic mass is 10.2. The Kier molecular flexibility index (Phi) is 5.77. The van der Waals surface area contributed by atoms with Gasteiger partial charge in [0.1, 0.15) is 19.0 Å². The topological polar surface area (TPSA) is 68.8 Å². The van der Waals surface area contributed by atoms with Crippen LogP contribution in [0.1, 0.15) is 5.56 Å². The van der Waals surface area contributed by atoms with Gasteiger partial charge in [0.05, 0.1) is 5.69 Å². The molecule has 0 atom stereocenters. The van der Waals surface area contributed by atoms with Crippen molar-refractivity contribution in [2.24, 2.45) is 0 Å². The molecule has 0 saturated heterocycles. The molecular weight excluding hydrogens is 414 g/mol. The third-order valence-electron chi connectivity index (χ3n) is 3.48. The summed E-state index contributed by atoms with van der Waals surface area (Å²) in [5.41, 5.74) is 1.27. The minimum absolute atomic E-state index is 0.0633. The van der Waals surface area contributed by atoms with Crippen LogP contribution in [0.3, 0.4) is 0 Å². The highest BCUT2D eigenvalue weighted by molar-refractivity contribution is 9.10. The zero-order valence-corrected chi connectivity index (χ0v) is 15.0. The fourth-order valence-corrected chi connectivity index (χ4v) is 2.72. The van der Waals surface area contributed by atoms with E-state index in [0.717, 1.165) is 5.56 Å². The average Bonchev–Trinajstić information content (AvgIpc) is 2.61.